The van der Waals surface area contributed by atoms with E-state index in [0.29, 0.717) is 0 Å². The zero-order chi connectivity index (χ0) is 32.4. The van der Waals surface area contributed by atoms with Crippen molar-refractivity contribution in [2.75, 3.05) is 0 Å². The fourth-order valence-electron chi connectivity index (χ4n) is 8.66. The van der Waals surface area contributed by atoms with Crippen LogP contribution in [0.15, 0.2) is 133 Å². The predicted octanol–water partition coefficient (Wildman–Crippen LogP) is 9.70. The summed E-state index contributed by atoms with van der Waals surface area (Å²) in [6.07, 6.45) is 0. The second kappa shape index (κ2) is 9.53. The lowest BCUT2D eigenvalue weighted by molar-refractivity contribution is 0.00578. The highest BCUT2D eigenvalue weighted by Gasteiger charge is 2.53. The van der Waals surface area contributed by atoms with Crippen molar-refractivity contribution in [2.24, 2.45) is 0 Å². The van der Waals surface area contributed by atoms with Crippen molar-refractivity contribution in [2.45, 2.75) is 44.3 Å². The van der Waals surface area contributed by atoms with Gasteiger partial charge >= 0.3 is 7.12 Å². The van der Waals surface area contributed by atoms with E-state index in [1.807, 2.05) is 0 Å². The molecule has 1 aromatic heterocycles. The topological polar surface area (TPSA) is 31.4 Å². The third-order valence-corrected chi connectivity index (χ3v) is 11.5. The van der Waals surface area contributed by atoms with Gasteiger partial charge in [-0.25, -0.2) is 4.98 Å². The number of para-hydroxylation sites is 1. The minimum atomic E-state index is -0.444. The third kappa shape index (κ3) is 3.49. The lowest BCUT2D eigenvalue weighted by Crippen LogP contribution is -2.41. The van der Waals surface area contributed by atoms with E-state index >= 15 is 0 Å². The third-order valence-electron chi connectivity index (χ3n) is 11.5. The average Bonchev–Trinajstić information content (AvgIpc) is 3.67. The summed E-state index contributed by atoms with van der Waals surface area (Å²) in [7, 11) is -0.444. The van der Waals surface area contributed by atoms with Gasteiger partial charge in [-0.05, 0) is 83.7 Å². The molecule has 0 saturated carbocycles. The van der Waals surface area contributed by atoms with E-state index in [0.717, 1.165) is 27.6 Å². The molecule has 0 N–H and O–H groups in total. The van der Waals surface area contributed by atoms with E-state index in [-0.39, 0.29) is 0 Å². The molecule has 7 aromatic rings. The number of nitrogens with zero attached hydrogens (tertiary/aromatic N) is 1. The number of hydrogen-bond acceptors (Lipinski definition) is 3. The number of benzene rings is 6. The van der Waals surface area contributed by atoms with Crippen molar-refractivity contribution in [3.63, 3.8) is 0 Å². The van der Waals surface area contributed by atoms with E-state index in [4.69, 9.17) is 14.3 Å². The Morgan fingerprint density at radius 1 is 0.521 bits per heavy atom. The molecule has 3 aliphatic rings. The van der Waals surface area contributed by atoms with Crippen LogP contribution < -0.4 is 5.46 Å². The van der Waals surface area contributed by atoms with Gasteiger partial charge in [0.25, 0.3) is 0 Å². The smallest absolute Gasteiger partial charge is 0.399 e. The van der Waals surface area contributed by atoms with Crippen LogP contribution in [0.2, 0.25) is 0 Å². The molecule has 2 heterocycles. The summed E-state index contributed by atoms with van der Waals surface area (Å²) >= 11 is 0. The van der Waals surface area contributed by atoms with Crippen LogP contribution in [0.25, 0.3) is 55.2 Å². The van der Waals surface area contributed by atoms with E-state index < -0.39 is 23.7 Å². The molecule has 3 nitrogen and oxygen atoms in total. The van der Waals surface area contributed by atoms with Gasteiger partial charge in [0.15, 0.2) is 0 Å². The van der Waals surface area contributed by atoms with Gasteiger partial charge in [0.2, 0.25) is 0 Å². The zero-order valence-corrected chi connectivity index (χ0v) is 27.5. The predicted molar refractivity (Wildman–Crippen MR) is 197 cm³/mol. The normalized spacial score (nSPS) is 17.5. The largest absolute Gasteiger partial charge is 0.494 e. The number of rotatable bonds is 2. The molecule has 4 heteroatoms. The molecule has 2 aliphatic carbocycles. The van der Waals surface area contributed by atoms with Gasteiger partial charge < -0.3 is 9.31 Å². The van der Waals surface area contributed by atoms with Gasteiger partial charge in [0.1, 0.15) is 0 Å². The summed E-state index contributed by atoms with van der Waals surface area (Å²) < 4.78 is 12.9. The minimum absolute atomic E-state index is 0.394. The molecule has 0 unspecified atom stereocenters. The number of pyridine rings is 1. The summed E-state index contributed by atoms with van der Waals surface area (Å²) in [6, 6.07) is 48.9. The quantitative estimate of drug-likeness (QED) is 0.143. The Bertz CT molecular complexity index is 2430. The molecule has 0 amide bonds. The van der Waals surface area contributed by atoms with Crippen LogP contribution in [0.4, 0.5) is 0 Å². The van der Waals surface area contributed by atoms with Crippen LogP contribution in [-0.4, -0.2) is 23.3 Å². The highest BCUT2D eigenvalue weighted by atomic mass is 16.7. The van der Waals surface area contributed by atoms with E-state index in [1.54, 1.807) is 0 Å². The summed E-state index contributed by atoms with van der Waals surface area (Å²) in [4.78, 5) is 5.36. The van der Waals surface area contributed by atoms with E-state index in [1.165, 1.54) is 55.3 Å². The van der Waals surface area contributed by atoms with Gasteiger partial charge in [-0.15, -0.1) is 0 Å². The molecule has 10 rings (SSSR count). The molecule has 1 aliphatic heterocycles. The maximum absolute atomic E-state index is 6.47. The Morgan fingerprint density at radius 3 is 1.79 bits per heavy atom. The van der Waals surface area contributed by atoms with E-state index in [2.05, 4.69) is 161 Å². The second-order valence-electron chi connectivity index (χ2n) is 14.5. The highest BCUT2D eigenvalue weighted by Crippen LogP contribution is 2.64. The van der Waals surface area contributed by atoms with Crippen molar-refractivity contribution in [3.05, 3.63) is 156 Å². The fourth-order valence-corrected chi connectivity index (χ4v) is 8.66. The van der Waals surface area contributed by atoms with Crippen molar-refractivity contribution in [1.29, 1.82) is 0 Å². The number of aromatic nitrogens is 1. The first-order valence-electron chi connectivity index (χ1n) is 16.9. The summed E-state index contributed by atoms with van der Waals surface area (Å²) in [5, 5.41) is 3.56. The Balaban J connectivity index is 1.28. The molecule has 6 aromatic carbocycles. The first-order valence-corrected chi connectivity index (χ1v) is 16.9. The standard InChI is InChI=1S/C44H34BNO2/c1-42(2)43(3,4)48-45(47-42)28-15-13-14-27(26-28)41-33-24-25-37-40(39(33)32-19-8-12-23-38(32)46-41)31-18-7-11-22-36(31)44(37)34-20-9-5-16-29(34)30-17-6-10-21-35(30)44/h5-26H,1-4H3. The van der Waals surface area contributed by atoms with Gasteiger partial charge in [0, 0.05) is 21.7 Å². The van der Waals surface area contributed by atoms with Crippen molar-refractivity contribution >= 4 is 34.3 Å². The number of fused-ring (bicyclic) bond motifs is 14. The fraction of sp³-hybridized carbons (Fsp3) is 0.159. The van der Waals surface area contributed by atoms with Crippen molar-refractivity contribution in [3.8, 4) is 33.5 Å². The molecular formula is C44H34BNO2. The van der Waals surface area contributed by atoms with Gasteiger partial charge in [0.05, 0.1) is 27.8 Å². The van der Waals surface area contributed by atoms with Crippen molar-refractivity contribution in [1.82, 2.24) is 4.98 Å². The molecule has 0 radical (unpaired) electrons. The molecule has 0 bridgehead atoms. The van der Waals surface area contributed by atoms with Crippen LogP contribution in [0.5, 0.6) is 0 Å². The molecule has 1 saturated heterocycles. The van der Waals surface area contributed by atoms with Crippen LogP contribution in [-0.2, 0) is 14.7 Å². The number of hydrogen-bond donors (Lipinski definition) is 0. The van der Waals surface area contributed by atoms with Crippen LogP contribution in [0.1, 0.15) is 49.9 Å². The average molecular weight is 620 g/mol. The van der Waals surface area contributed by atoms with Crippen LogP contribution in [0, 0.1) is 0 Å². The Morgan fingerprint density at radius 2 is 1.10 bits per heavy atom. The van der Waals surface area contributed by atoms with Gasteiger partial charge in [-0.2, -0.15) is 0 Å². The Labute approximate surface area is 281 Å². The summed E-state index contributed by atoms with van der Waals surface area (Å²) in [5.74, 6) is 0. The van der Waals surface area contributed by atoms with Gasteiger partial charge in [-0.3, -0.25) is 0 Å². The monoisotopic (exact) mass is 619 g/mol. The Hall–Kier alpha value is -5.03. The van der Waals surface area contributed by atoms with Crippen LogP contribution in [0.3, 0.4) is 0 Å². The van der Waals surface area contributed by atoms with E-state index in [9.17, 15) is 0 Å². The maximum atomic E-state index is 6.47. The second-order valence-corrected chi connectivity index (χ2v) is 14.5. The zero-order valence-electron chi connectivity index (χ0n) is 27.5. The summed E-state index contributed by atoms with van der Waals surface area (Å²) in [5.41, 5.74) is 13.4. The molecule has 0 atom stereocenters. The molecule has 1 spiro atoms. The van der Waals surface area contributed by atoms with Crippen LogP contribution >= 0.6 is 0 Å². The lowest BCUT2D eigenvalue weighted by atomic mass is 9.70. The molecule has 1 fully saturated rings. The lowest BCUT2D eigenvalue weighted by Gasteiger charge is -2.32. The molecule has 48 heavy (non-hydrogen) atoms. The molecule has 230 valence electrons. The maximum Gasteiger partial charge on any atom is 0.494 e. The van der Waals surface area contributed by atoms with Crippen molar-refractivity contribution < 1.29 is 9.31 Å². The first kappa shape index (κ1) is 28.0. The highest BCUT2D eigenvalue weighted by molar-refractivity contribution is 6.62. The minimum Gasteiger partial charge on any atom is -0.399 e. The Kier molecular flexibility index (Phi) is 5.57. The van der Waals surface area contributed by atoms with Gasteiger partial charge in [-0.1, -0.05) is 127 Å². The molecular weight excluding hydrogens is 585 g/mol. The first-order chi connectivity index (χ1) is 23.3. The summed E-state index contributed by atoms with van der Waals surface area (Å²) in [6.45, 7) is 8.40. The SMILES string of the molecule is CC1(C)OB(c2cccc(-c3nc4ccccc4c4c5c(ccc34)C3(c4ccccc4-c4ccccc43)c3ccccc3-5)c2)OC1(C)C.